The standard InChI is InChI=1S/C15H15ClO3/c1-18-14-5-2-11(3-6-14)10-19-15-7-4-13(16)8-12(15)9-17/h2-8,17H,9-10H2,1H3. The summed E-state index contributed by atoms with van der Waals surface area (Å²) in [5.74, 6) is 1.45. The fourth-order valence-electron chi connectivity index (χ4n) is 1.70. The number of rotatable bonds is 5. The largest absolute Gasteiger partial charge is 0.497 e. The molecular formula is C15H15ClO3. The van der Waals surface area contributed by atoms with Gasteiger partial charge in [0, 0.05) is 10.6 Å². The number of methoxy groups -OCH3 is 1. The first-order valence-electron chi connectivity index (χ1n) is 5.88. The Hall–Kier alpha value is -1.71. The second-order valence-electron chi connectivity index (χ2n) is 4.05. The predicted octanol–water partition coefficient (Wildman–Crippen LogP) is 3.42. The topological polar surface area (TPSA) is 38.7 Å². The van der Waals surface area contributed by atoms with E-state index in [1.54, 1.807) is 25.3 Å². The summed E-state index contributed by atoms with van der Waals surface area (Å²) < 4.78 is 10.8. The SMILES string of the molecule is COc1ccc(COc2ccc(Cl)cc2CO)cc1. The quantitative estimate of drug-likeness (QED) is 0.911. The summed E-state index contributed by atoms with van der Waals surface area (Å²) in [5, 5.41) is 9.84. The third kappa shape index (κ3) is 3.63. The zero-order valence-corrected chi connectivity index (χ0v) is 11.4. The van der Waals surface area contributed by atoms with Gasteiger partial charge in [0.25, 0.3) is 0 Å². The molecule has 0 aliphatic carbocycles. The highest BCUT2D eigenvalue weighted by Gasteiger charge is 2.04. The number of aliphatic hydroxyl groups is 1. The van der Waals surface area contributed by atoms with Gasteiger partial charge < -0.3 is 14.6 Å². The van der Waals surface area contributed by atoms with Crippen LogP contribution in [0.15, 0.2) is 42.5 Å². The van der Waals surface area contributed by atoms with E-state index >= 15 is 0 Å². The molecule has 0 fully saturated rings. The van der Waals surface area contributed by atoms with Gasteiger partial charge >= 0.3 is 0 Å². The number of halogens is 1. The highest BCUT2D eigenvalue weighted by Crippen LogP contribution is 2.24. The summed E-state index contributed by atoms with van der Waals surface area (Å²) in [5.41, 5.74) is 1.71. The molecule has 0 atom stereocenters. The maximum atomic E-state index is 9.25. The molecule has 4 heteroatoms. The fourth-order valence-corrected chi connectivity index (χ4v) is 1.89. The van der Waals surface area contributed by atoms with Crippen molar-refractivity contribution in [3.63, 3.8) is 0 Å². The van der Waals surface area contributed by atoms with Crippen LogP contribution in [0, 0.1) is 0 Å². The van der Waals surface area contributed by atoms with Gasteiger partial charge in [-0.1, -0.05) is 23.7 Å². The van der Waals surface area contributed by atoms with E-state index in [1.165, 1.54) is 0 Å². The van der Waals surface area contributed by atoms with Crippen molar-refractivity contribution in [2.45, 2.75) is 13.2 Å². The minimum absolute atomic E-state index is 0.0987. The fraction of sp³-hybridized carbons (Fsp3) is 0.200. The first-order valence-corrected chi connectivity index (χ1v) is 6.25. The molecule has 1 N–H and O–H groups in total. The van der Waals surface area contributed by atoms with E-state index in [-0.39, 0.29) is 6.61 Å². The Morgan fingerprint density at radius 2 is 1.84 bits per heavy atom. The summed E-state index contributed by atoms with van der Waals surface area (Å²) in [4.78, 5) is 0. The highest BCUT2D eigenvalue weighted by atomic mass is 35.5. The molecule has 2 aromatic rings. The Morgan fingerprint density at radius 3 is 2.47 bits per heavy atom. The van der Waals surface area contributed by atoms with Crippen LogP contribution in [0.3, 0.4) is 0 Å². The van der Waals surface area contributed by atoms with Gasteiger partial charge in [0.1, 0.15) is 18.1 Å². The monoisotopic (exact) mass is 278 g/mol. The number of benzene rings is 2. The van der Waals surface area contributed by atoms with Crippen molar-refractivity contribution in [2.75, 3.05) is 7.11 Å². The molecular weight excluding hydrogens is 264 g/mol. The molecule has 100 valence electrons. The maximum Gasteiger partial charge on any atom is 0.125 e. The number of ether oxygens (including phenoxy) is 2. The average Bonchev–Trinajstić information content (AvgIpc) is 2.46. The molecule has 0 amide bonds. The molecule has 0 bridgehead atoms. The van der Waals surface area contributed by atoms with Gasteiger partial charge in [-0.2, -0.15) is 0 Å². The van der Waals surface area contributed by atoms with Crippen molar-refractivity contribution in [2.24, 2.45) is 0 Å². The molecule has 2 rings (SSSR count). The number of hydrogen-bond donors (Lipinski definition) is 1. The van der Waals surface area contributed by atoms with E-state index < -0.39 is 0 Å². The number of aliphatic hydroxyl groups excluding tert-OH is 1. The smallest absolute Gasteiger partial charge is 0.125 e. The summed E-state index contributed by atoms with van der Waals surface area (Å²) >= 11 is 5.87. The van der Waals surface area contributed by atoms with Crippen LogP contribution in [-0.2, 0) is 13.2 Å². The van der Waals surface area contributed by atoms with Crippen LogP contribution in [0.1, 0.15) is 11.1 Å². The minimum Gasteiger partial charge on any atom is -0.497 e. The summed E-state index contributed by atoms with van der Waals surface area (Å²) in [6.07, 6.45) is 0. The van der Waals surface area contributed by atoms with Crippen LogP contribution in [0.5, 0.6) is 11.5 Å². The second-order valence-corrected chi connectivity index (χ2v) is 4.48. The third-order valence-electron chi connectivity index (χ3n) is 2.75. The number of hydrogen-bond acceptors (Lipinski definition) is 3. The van der Waals surface area contributed by atoms with Gasteiger partial charge in [-0.25, -0.2) is 0 Å². The van der Waals surface area contributed by atoms with Crippen molar-refractivity contribution >= 4 is 11.6 Å². The Balaban J connectivity index is 2.05. The summed E-state index contributed by atoms with van der Waals surface area (Å²) in [7, 11) is 1.63. The van der Waals surface area contributed by atoms with Crippen molar-refractivity contribution in [1.29, 1.82) is 0 Å². The normalized spacial score (nSPS) is 10.3. The first-order chi connectivity index (χ1) is 9.22. The molecule has 0 aliphatic heterocycles. The molecule has 3 nitrogen and oxygen atoms in total. The zero-order valence-electron chi connectivity index (χ0n) is 10.6. The van der Waals surface area contributed by atoms with Gasteiger partial charge in [-0.3, -0.25) is 0 Å². The molecule has 0 radical (unpaired) electrons. The van der Waals surface area contributed by atoms with Crippen molar-refractivity contribution in [3.8, 4) is 11.5 Å². The van der Waals surface area contributed by atoms with E-state index in [0.717, 1.165) is 11.3 Å². The lowest BCUT2D eigenvalue weighted by Crippen LogP contribution is -1.98. The van der Waals surface area contributed by atoms with Crippen LogP contribution >= 0.6 is 11.6 Å². The Bertz CT molecular complexity index is 538. The predicted molar refractivity (Wildman–Crippen MR) is 74.7 cm³/mol. The first kappa shape index (κ1) is 13.7. The van der Waals surface area contributed by atoms with Crippen LogP contribution in [0.2, 0.25) is 5.02 Å². The molecule has 0 aromatic heterocycles. The van der Waals surface area contributed by atoms with E-state index in [9.17, 15) is 5.11 Å². The minimum atomic E-state index is -0.0987. The van der Waals surface area contributed by atoms with Gasteiger partial charge in [-0.15, -0.1) is 0 Å². The molecule has 0 spiro atoms. The molecule has 0 saturated heterocycles. The van der Waals surface area contributed by atoms with Crippen molar-refractivity contribution < 1.29 is 14.6 Å². The second kappa shape index (κ2) is 6.45. The van der Waals surface area contributed by atoms with E-state index in [2.05, 4.69) is 0 Å². The lowest BCUT2D eigenvalue weighted by molar-refractivity contribution is 0.259. The van der Waals surface area contributed by atoms with E-state index in [4.69, 9.17) is 21.1 Å². The molecule has 2 aromatic carbocycles. The lowest BCUT2D eigenvalue weighted by Gasteiger charge is -2.10. The zero-order chi connectivity index (χ0) is 13.7. The summed E-state index contributed by atoms with van der Waals surface area (Å²) in [6, 6.07) is 12.8. The molecule has 0 aliphatic rings. The van der Waals surface area contributed by atoms with Gasteiger partial charge in [0.2, 0.25) is 0 Å². The lowest BCUT2D eigenvalue weighted by atomic mass is 10.2. The third-order valence-corrected chi connectivity index (χ3v) is 2.98. The molecule has 0 unspecified atom stereocenters. The van der Waals surface area contributed by atoms with Crippen LogP contribution in [0.25, 0.3) is 0 Å². The van der Waals surface area contributed by atoms with E-state index in [1.807, 2.05) is 24.3 Å². The van der Waals surface area contributed by atoms with Gasteiger partial charge in [0.05, 0.1) is 13.7 Å². The average molecular weight is 279 g/mol. The highest BCUT2D eigenvalue weighted by molar-refractivity contribution is 6.30. The van der Waals surface area contributed by atoms with Gasteiger partial charge in [-0.05, 0) is 35.9 Å². The van der Waals surface area contributed by atoms with Crippen molar-refractivity contribution in [3.05, 3.63) is 58.6 Å². The van der Waals surface area contributed by atoms with E-state index in [0.29, 0.717) is 22.9 Å². The molecule has 0 heterocycles. The Kier molecular flexibility index (Phi) is 4.66. The van der Waals surface area contributed by atoms with Crippen LogP contribution in [0.4, 0.5) is 0 Å². The van der Waals surface area contributed by atoms with Gasteiger partial charge in [0.15, 0.2) is 0 Å². The van der Waals surface area contributed by atoms with Crippen LogP contribution < -0.4 is 9.47 Å². The molecule has 0 saturated carbocycles. The van der Waals surface area contributed by atoms with Crippen molar-refractivity contribution in [1.82, 2.24) is 0 Å². The Labute approximate surface area is 117 Å². The summed E-state index contributed by atoms with van der Waals surface area (Å²) in [6.45, 7) is 0.330. The Morgan fingerprint density at radius 1 is 1.11 bits per heavy atom. The molecule has 19 heavy (non-hydrogen) atoms. The maximum absolute atomic E-state index is 9.25. The van der Waals surface area contributed by atoms with Crippen LogP contribution in [-0.4, -0.2) is 12.2 Å².